The second-order valence-electron chi connectivity index (χ2n) is 5.75. The molecular formula is C16H22O2S. The molecule has 1 N–H and O–H groups in total. The van der Waals surface area contributed by atoms with Crippen molar-refractivity contribution in [1.29, 1.82) is 0 Å². The Kier molecular flexibility index (Phi) is 4.15. The summed E-state index contributed by atoms with van der Waals surface area (Å²) in [7, 11) is 0. The fourth-order valence-electron chi connectivity index (χ4n) is 3.35. The van der Waals surface area contributed by atoms with Crippen molar-refractivity contribution in [2.45, 2.75) is 37.4 Å². The molecule has 0 bridgehead atoms. The minimum Gasteiger partial charge on any atom is -0.388 e. The normalized spacial score (nSPS) is 28.2. The van der Waals surface area contributed by atoms with E-state index in [1.807, 2.05) is 42.1 Å². The molecule has 2 unspecified atom stereocenters. The van der Waals surface area contributed by atoms with Crippen molar-refractivity contribution in [3.8, 4) is 0 Å². The van der Waals surface area contributed by atoms with E-state index in [0.29, 0.717) is 5.92 Å². The van der Waals surface area contributed by atoms with E-state index in [2.05, 4.69) is 0 Å². The fourth-order valence-corrected chi connectivity index (χ4v) is 4.59. The van der Waals surface area contributed by atoms with Crippen molar-refractivity contribution in [2.75, 3.05) is 18.1 Å². The lowest BCUT2D eigenvalue weighted by Crippen LogP contribution is -2.44. The van der Waals surface area contributed by atoms with Crippen LogP contribution in [0.4, 0.5) is 0 Å². The van der Waals surface area contributed by atoms with Gasteiger partial charge in [-0.2, -0.15) is 11.8 Å². The van der Waals surface area contributed by atoms with Gasteiger partial charge in [-0.15, -0.1) is 0 Å². The molecule has 19 heavy (non-hydrogen) atoms. The third-order valence-corrected chi connectivity index (χ3v) is 5.51. The molecule has 2 atom stereocenters. The Labute approximate surface area is 119 Å². The maximum Gasteiger partial charge on any atom is 0.0820 e. The molecule has 0 aromatic heterocycles. The van der Waals surface area contributed by atoms with E-state index in [0.717, 1.165) is 37.9 Å². The summed E-state index contributed by atoms with van der Waals surface area (Å²) in [5.41, 5.74) is 1.11. The highest BCUT2D eigenvalue weighted by molar-refractivity contribution is 7.99. The second kappa shape index (κ2) is 5.86. The maximum absolute atomic E-state index is 10.6. The van der Waals surface area contributed by atoms with Crippen molar-refractivity contribution < 1.29 is 9.84 Å². The standard InChI is InChI=1S/C16H22O2S/c17-15(13-4-2-1-3-5-13)14-6-9-18-16(12-14)7-10-19-11-8-16/h1-5,14-15,17H,6-12H2. The number of aliphatic hydroxyl groups is 1. The summed E-state index contributed by atoms with van der Waals surface area (Å²) in [6.07, 6.45) is 3.96. The van der Waals surface area contributed by atoms with Crippen LogP contribution in [0.3, 0.4) is 0 Å². The van der Waals surface area contributed by atoms with Crippen LogP contribution in [0.2, 0.25) is 0 Å². The summed E-state index contributed by atoms with van der Waals surface area (Å²) >= 11 is 2.03. The molecule has 2 aliphatic heterocycles. The second-order valence-corrected chi connectivity index (χ2v) is 6.98. The Morgan fingerprint density at radius 3 is 2.68 bits per heavy atom. The Balaban J connectivity index is 1.71. The number of hydrogen-bond donors (Lipinski definition) is 1. The maximum atomic E-state index is 10.6. The zero-order valence-electron chi connectivity index (χ0n) is 11.3. The molecule has 0 radical (unpaired) electrons. The first-order valence-corrected chi connectivity index (χ1v) is 8.39. The summed E-state index contributed by atoms with van der Waals surface area (Å²) in [4.78, 5) is 0. The van der Waals surface area contributed by atoms with Gasteiger partial charge in [0.15, 0.2) is 0 Å². The van der Waals surface area contributed by atoms with Crippen molar-refractivity contribution in [2.24, 2.45) is 5.92 Å². The van der Waals surface area contributed by atoms with Crippen LogP contribution in [0.25, 0.3) is 0 Å². The van der Waals surface area contributed by atoms with Gasteiger partial charge in [-0.05, 0) is 48.7 Å². The largest absolute Gasteiger partial charge is 0.388 e. The minimum absolute atomic E-state index is 0.0595. The van der Waals surface area contributed by atoms with E-state index in [9.17, 15) is 5.11 Å². The molecule has 0 saturated carbocycles. The minimum atomic E-state index is -0.337. The average Bonchev–Trinajstić information content (AvgIpc) is 2.48. The van der Waals surface area contributed by atoms with Gasteiger partial charge in [0, 0.05) is 6.61 Å². The van der Waals surface area contributed by atoms with Crippen LogP contribution >= 0.6 is 11.8 Å². The molecule has 104 valence electrons. The highest BCUT2D eigenvalue weighted by Gasteiger charge is 2.40. The van der Waals surface area contributed by atoms with Crippen molar-refractivity contribution >= 4 is 11.8 Å². The van der Waals surface area contributed by atoms with Gasteiger partial charge >= 0.3 is 0 Å². The molecule has 3 rings (SSSR count). The van der Waals surface area contributed by atoms with Crippen LogP contribution in [-0.4, -0.2) is 28.8 Å². The average molecular weight is 278 g/mol. The van der Waals surface area contributed by atoms with Crippen LogP contribution in [0.15, 0.2) is 30.3 Å². The number of ether oxygens (including phenoxy) is 1. The van der Waals surface area contributed by atoms with Gasteiger partial charge in [-0.1, -0.05) is 30.3 Å². The Morgan fingerprint density at radius 1 is 1.21 bits per heavy atom. The number of thioether (sulfide) groups is 1. The SMILES string of the molecule is OC(c1ccccc1)C1CCOC2(CCSCC2)C1. The zero-order valence-corrected chi connectivity index (χ0v) is 12.1. The lowest BCUT2D eigenvalue weighted by molar-refractivity contribution is -0.121. The van der Waals surface area contributed by atoms with Gasteiger partial charge in [0.1, 0.15) is 0 Å². The summed E-state index contributed by atoms with van der Waals surface area (Å²) in [6.45, 7) is 0.805. The summed E-state index contributed by atoms with van der Waals surface area (Å²) in [5.74, 6) is 2.75. The van der Waals surface area contributed by atoms with E-state index in [1.54, 1.807) is 0 Å². The van der Waals surface area contributed by atoms with Crippen LogP contribution in [0, 0.1) is 5.92 Å². The van der Waals surface area contributed by atoms with Gasteiger partial charge in [-0.25, -0.2) is 0 Å². The smallest absolute Gasteiger partial charge is 0.0820 e. The molecule has 2 fully saturated rings. The Hall–Kier alpha value is -0.510. The predicted octanol–water partition coefficient (Wildman–Crippen LogP) is 3.41. The van der Waals surface area contributed by atoms with Crippen molar-refractivity contribution in [1.82, 2.24) is 0 Å². The van der Waals surface area contributed by atoms with E-state index in [-0.39, 0.29) is 11.7 Å². The molecule has 1 aromatic rings. The number of rotatable bonds is 2. The van der Waals surface area contributed by atoms with Crippen LogP contribution in [0.5, 0.6) is 0 Å². The number of aliphatic hydroxyl groups excluding tert-OH is 1. The summed E-state index contributed by atoms with van der Waals surface area (Å²) in [5, 5.41) is 10.6. The first-order chi connectivity index (χ1) is 9.29. The van der Waals surface area contributed by atoms with Gasteiger partial charge in [0.05, 0.1) is 11.7 Å². The predicted molar refractivity (Wildman–Crippen MR) is 79.4 cm³/mol. The Morgan fingerprint density at radius 2 is 1.95 bits per heavy atom. The number of benzene rings is 1. The van der Waals surface area contributed by atoms with Crippen LogP contribution in [-0.2, 0) is 4.74 Å². The van der Waals surface area contributed by atoms with Crippen molar-refractivity contribution in [3.05, 3.63) is 35.9 Å². The quantitative estimate of drug-likeness (QED) is 0.899. The molecular weight excluding hydrogens is 256 g/mol. The van der Waals surface area contributed by atoms with Gasteiger partial charge < -0.3 is 9.84 Å². The molecule has 2 heterocycles. The van der Waals surface area contributed by atoms with E-state index < -0.39 is 0 Å². The lowest BCUT2D eigenvalue weighted by Gasteiger charge is -2.44. The molecule has 3 heteroatoms. The fraction of sp³-hybridized carbons (Fsp3) is 0.625. The van der Waals surface area contributed by atoms with E-state index in [4.69, 9.17) is 4.74 Å². The molecule has 2 nitrogen and oxygen atoms in total. The van der Waals surface area contributed by atoms with E-state index >= 15 is 0 Å². The first kappa shape index (κ1) is 13.5. The van der Waals surface area contributed by atoms with Crippen molar-refractivity contribution in [3.63, 3.8) is 0 Å². The third kappa shape index (κ3) is 2.99. The third-order valence-electron chi connectivity index (χ3n) is 4.52. The van der Waals surface area contributed by atoms with Crippen LogP contribution < -0.4 is 0 Å². The number of hydrogen-bond acceptors (Lipinski definition) is 3. The van der Waals surface area contributed by atoms with E-state index in [1.165, 1.54) is 11.5 Å². The highest BCUT2D eigenvalue weighted by Crippen LogP contribution is 2.43. The van der Waals surface area contributed by atoms with Gasteiger partial charge in [0.2, 0.25) is 0 Å². The monoisotopic (exact) mass is 278 g/mol. The van der Waals surface area contributed by atoms with Gasteiger partial charge in [-0.3, -0.25) is 0 Å². The first-order valence-electron chi connectivity index (χ1n) is 7.24. The molecule has 1 aromatic carbocycles. The zero-order chi connectivity index (χ0) is 13.1. The summed E-state index contributed by atoms with van der Waals surface area (Å²) < 4.78 is 6.10. The molecule has 2 aliphatic rings. The topological polar surface area (TPSA) is 29.5 Å². The molecule has 0 aliphatic carbocycles. The van der Waals surface area contributed by atoms with Crippen LogP contribution in [0.1, 0.15) is 37.4 Å². The summed E-state index contributed by atoms with van der Waals surface area (Å²) in [6, 6.07) is 10.1. The molecule has 1 spiro atoms. The molecule has 0 amide bonds. The Bertz CT molecular complexity index is 395. The molecule has 2 saturated heterocycles. The van der Waals surface area contributed by atoms with Gasteiger partial charge in [0.25, 0.3) is 0 Å². The highest BCUT2D eigenvalue weighted by atomic mass is 32.2. The lowest BCUT2D eigenvalue weighted by atomic mass is 9.78.